The molecule has 0 radical (unpaired) electrons. The van der Waals surface area contributed by atoms with E-state index in [-0.39, 0.29) is 23.9 Å². The topological polar surface area (TPSA) is 75.7 Å². The molecule has 0 spiro atoms. The highest BCUT2D eigenvalue weighted by Gasteiger charge is 2.34. The summed E-state index contributed by atoms with van der Waals surface area (Å²) >= 11 is 0. The van der Waals surface area contributed by atoms with Gasteiger partial charge in [-0.3, -0.25) is 14.4 Å². The minimum absolute atomic E-state index is 0.0813. The van der Waals surface area contributed by atoms with Crippen molar-refractivity contribution >= 4 is 23.5 Å². The third-order valence-electron chi connectivity index (χ3n) is 4.90. The number of nitrogens with one attached hydrogen (secondary N) is 1. The molecule has 7 heteroatoms. The summed E-state index contributed by atoms with van der Waals surface area (Å²) in [4.78, 5) is 38.7. The van der Waals surface area contributed by atoms with Crippen LogP contribution in [0.15, 0.2) is 18.2 Å². The van der Waals surface area contributed by atoms with Crippen LogP contribution in [0.3, 0.4) is 0 Å². The van der Waals surface area contributed by atoms with E-state index in [4.69, 9.17) is 4.74 Å². The lowest BCUT2D eigenvalue weighted by molar-refractivity contribution is -0.160. The number of likely N-dealkylation sites (tertiary alicyclic amines) is 1. The van der Waals surface area contributed by atoms with Gasteiger partial charge in [0.1, 0.15) is 5.82 Å². The number of fused-ring (bicyclic) bond motifs is 1. The second kappa shape index (κ2) is 7.85. The molecule has 2 amide bonds. The largest absolute Gasteiger partial charge is 0.452 e. The van der Waals surface area contributed by atoms with Crippen LogP contribution < -0.4 is 5.32 Å². The van der Waals surface area contributed by atoms with Crippen LogP contribution in [0.25, 0.3) is 0 Å². The van der Waals surface area contributed by atoms with Gasteiger partial charge in [-0.25, -0.2) is 4.39 Å². The van der Waals surface area contributed by atoms with Crippen molar-refractivity contribution in [2.24, 2.45) is 0 Å². The molecule has 2 heterocycles. The predicted molar refractivity (Wildman–Crippen MR) is 93.0 cm³/mol. The van der Waals surface area contributed by atoms with E-state index in [0.29, 0.717) is 18.7 Å². The lowest BCUT2D eigenvalue weighted by Gasteiger charge is -2.27. The normalized spacial score (nSPS) is 21.2. The Kier molecular flexibility index (Phi) is 5.54. The van der Waals surface area contributed by atoms with Crippen molar-refractivity contribution < 1.29 is 23.5 Å². The number of carbonyl (C=O) groups excluding carboxylic acids is 3. The van der Waals surface area contributed by atoms with Crippen LogP contribution >= 0.6 is 0 Å². The van der Waals surface area contributed by atoms with Gasteiger partial charge in [0.05, 0.1) is 5.92 Å². The van der Waals surface area contributed by atoms with Gasteiger partial charge in [-0.1, -0.05) is 18.9 Å². The maximum atomic E-state index is 13.4. The second-order valence-electron chi connectivity index (χ2n) is 6.86. The monoisotopic (exact) mass is 362 g/mol. The number of hydrogen-bond acceptors (Lipinski definition) is 4. The molecule has 1 fully saturated rings. The highest BCUT2D eigenvalue weighted by molar-refractivity contribution is 6.00. The van der Waals surface area contributed by atoms with Crippen molar-refractivity contribution in [2.45, 2.75) is 51.0 Å². The first kappa shape index (κ1) is 18.4. The predicted octanol–water partition coefficient (Wildman–Crippen LogP) is 2.59. The third-order valence-corrected chi connectivity index (χ3v) is 4.90. The molecule has 1 N–H and O–H groups in total. The Morgan fingerprint density at radius 1 is 1.23 bits per heavy atom. The van der Waals surface area contributed by atoms with Crippen LogP contribution in [0.2, 0.25) is 0 Å². The minimum atomic E-state index is -0.908. The van der Waals surface area contributed by atoms with E-state index in [0.717, 1.165) is 25.7 Å². The number of nitrogens with zero attached hydrogens (tertiary/aromatic N) is 1. The van der Waals surface area contributed by atoms with Crippen LogP contribution in [0, 0.1) is 5.82 Å². The fourth-order valence-corrected chi connectivity index (χ4v) is 3.50. The smallest absolute Gasteiger partial charge is 0.314 e. The van der Waals surface area contributed by atoms with E-state index in [2.05, 4.69) is 5.32 Å². The first-order valence-corrected chi connectivity index (χ1v) is 9.04. The number of benzene rings is 1. The Bertz CT molecular complexity index is 713. The number of carbonyl (C=O) groups is 3. The zero-order valence-corrected chi connectivity index (χ0v) is 14.8. The number of halogens is 1. The Morgan fingerprint density at radius 2 is 1.92 bits per heavy atom. The lowest BCUT2D eigenvalue weighted by atomic mass is 9.90. The maximum Gasteiger partial charge on any atom is 0.314 e. The molecule has 6 nitrogen and oxygen atoms in total. The molecular weight excluding hydrogens is 339 g/mol. The first-order valence-electron chi connectivity index (χ1n) is 9.04. The summed E-state index contributed by atoms with van der Waals surface area (Å²) in [7, 11) is 0. The van der Waals surface area contributed by atoms with Gasteiger partial charge in [0.2, 0.25) is 5.91 Å². The van der Waals surface area contributed by atoms with E-state index < -0.39 is 23.8 Å². The van der Waals surface area contributed by atoms with Gasteiger partial charge in [-0.2, -0.15) is 0 Å². The Labute approximate surface area is 151 Å². The van der Waals surface area contributed by atoms with Crippen LogP contribution in [-0.2, 0) is 19.1 Å². The average molecular weight is 362 g/mol. The molecule has 26 heavy (non-hydrogen) atoms. The molecule has 2 aliphatic rings. The molecule has 140 valence electrons. The summed E-state index contributed by atoms with van der Waals surface area (Å²) < 4.78 is 18.8. The summed E-state index contributed by atoms with van der Waals surface area (Å²) in [5.74, 6) is -2.55. The number of esters is 1. The van der Waals surface area contributed by atoms with Crippen molar-refractivity contribution in [1.29, 1.82) is 0 Å². The molecule has 3 rings (SSSR count). The SMILES string of the molecule is C[C@H](OC(=O)[C@@H]1CC(=O)Nc2cc(F)ccc21)C(=O)N1CCCCCC1. The zero-order valence-electron chi connectivity index (χ0n) is 14.8. The quantitative estimate of drug-likeness (QED) is 0.839. The highest BCUT2D eigenvalue weighted by Crippen LogP contribution is 2.33. The van der Waals surface area contributed by atoms with Crippen molar-refractivity contribution in [1.82, 2.24) is 4.90 Å². The molecule has 2 atom stereocenters. The van der Waals surface area contributed by atoms with Crippen molar-refractivity contribution in [3.63, 3.8) is 0 Å². The summed E-state index contributed by atoms with van der Waals surface area (Å²) in [6.07, 6.45) is 3.12. The standard InChI is InChI=1S/C19H23FN2O4/c1-12(18(24)22-8-4-2-3-5-9-22)26-19(25)15-11-17(23)21-16-10-13(20)6-7-14(15)16/h6-7,10,12,15H,2-5,8-9,11H2,1H3,(H,21,23)/t12-,15+/m0/s1. The average Bonchev–Trinajstić information content (AvgIpc) is 2.89. The fraction of sp³-hybridized carbons (Fsp3) is 0.526. The van der Waals surface area contributed by atoms with Gasteiger partial charge >= 0.3 is 5.97 Å². The van der Waals surface area contributed by atoms with Crippen LogP contribution in [0.4, 0.5) is 10.1 Å². The number of anilines is 1. The van der Waals surface area contributed by atoms with Gasteiger partial charge in [-0.05, 0) is 37.5 Å². The molecule has 2 aliphatic heterocycles. The molecule has 1 saturated heterocycles. The van der Waals surface area contributed by atoms with Gasteiger partial charge in [0.15, 0.2) is 6.10 Å². The number of hydrogen-bond donors (Lipinski definition) is 1. The molecule has 0 aromatic heterocycles. The molecule has 0 unspecified atom stereocenters. The zero-order chi connectivity index (χ0) is 18.7. The van der Waals surface area contributed by atoms with E-state index in [9.17, 15) is 18.8 Å². The van der Waals surface area contributed by atoms with Gasteiger partial charge in [0.25, 0.3) is 5.91 Å². The van der Waals surface area contributed by atoms with Crippen molar-refractivity contribution in [2.75, 3.05) is 18.4 Å². The number of amides is 2. The van der Waals surface area contributed by atoms with E-state index in [1.165, 1.54) is 18.2 Å². The minimum Gasteiger partial charge on any atom is -0.452 e. The fourth-order valence-electron chi connectivity index (χ4n) is 3.50. The first-order chi connectivity index (χ1) is 12.5. The van der Waals surface area contributed by atoms with Crippen LogP contribution in [0.1, 0.15) is 50.5 Å². The Hall–Kier alpha value is -2.44. The van der Waals surface area contributed by atoms with E-state index >= 15 is 0 Å². The van der Waals surface area contributed by atoms with E-state index in [1.807, 2.05) is 0 Å². The second-order valence-corrected chi connectivity index (χ2v) is 6.86. The van der Waals surface area contributed by atoms with Gasteiger partial charge < -0.3 is 15.0 Å². The van der Waals surface area contributed by atoms with Crippen molar-refractivity contribution in [3.05, 3.63) is 29.6 Å². The lowest BCUT2D eigenvalue weighted by Crippen LogP contribution is -2.41. The molecule has 0 bridgehead atoms. The van der Waals surface area contributed by atoms with Crippen molar-refractivity contribution in [3.8, 4) is 0 Å². The highest BCUT2D eigenvalue weighted by atomic mass is 19.1. The summed E-state index contributed by atoms with van der Waals surface area (Å²) in [5, 5.41) is 2.56. The number of ether oxygens (including phenoxy) is 1. The maximum absolute atomic E-state index is 13.4. The summed E-state index contributed by atoms with van der Waals surface area (Å²) in [6.45, 7) is 2.91. The molecular formula is C19H23FN2O4. The Balaban J connectivity index is 1.69. The molecule has 0 saturated carbocycles. The van der Waals surface area contributed by atoms with Crippen LogP contribution in [0.5, 0.6) is 0 Å². The summed E-state index contributed by atoms with van der Waals surface area (Å²) in [6, 6.07) is 3.89. The molecule has 1 aromatic rings. The Morgan fingerprint density at radius 3 is 2.62 bits per heavy atom. The molecule has 0 aliphatic carbocycles. The van der Waals surface area contributed by atoms with Crippen LogP contribution in [-0.4, -0.2) is 41.9 Å². The van der Waals surface area contributed by atoms with Gasteiger partial charge in [0, 0.05) is 25.2 Å². The van der Waals surface area contributed by atoms with Gasteiger partial charge in [-0.15, -0.1) is 0 Å². The third kappa shape index (κ3) is 4.03. The number of rotatable bonds is 3. The molecule has 1 aromatic carbocycles. The summed E-state index contributed by atoms with van der Waals surface area (Å²) in [5.41, 5.74) is 0.778. The van der Waals surface area contributed by atoms with E-state index in [1.54, 1.807) is 11.8 Å².